The monoisotopic (exact) mass is 421 g/mol. The molecule has 0 aromatic rings. The normalized spacial score (nSPS) is 17.5. The summed E-state index contributed by atoms with van der Waals surface area (Å²) in [6, 6.07) is 0. The summed E-state index contributed by atoms with van der Waals surface area (Å²) in [5.74, 6) is -0.540. The van der Waals surface area contributed by atoms with Gasteiger partial charge in [0.2, 0.25) is 0 Å². The van der Waals surface area contributed by atoms with Gasteiger partial charge in [-0.15, -0.1) is 24.8 Å². The molecule has 0 atom stereocenters. The zero-order valence-corrected chi connectivity index (χ0v) is 19.4. The van der Waals surface area contributed by atoms with Crippen molar-refractivity contribution in [1.82, 2.24) is 0 Å². The first-order valence-electron chi connectivity index (χ1n) is 7.46. The molecule has 2 aliphatic rings. The van der Waals surface area contributed by atoms with Crippen LogP contribution in [0.15, 0.2) is 42.0 Å². The van der Waals surface area contributed by atoms with E-state index in [2.05, 4.69) is 65.1 Å². The molecule has 0 heterocycles. The van der Waals surface area contributed by atoms with Gasteiger partial charge in [0.1, 0.15) is 0 Å². The molecule has 0 aromatic carbocycles. The second kappa shape index (κ2) is 8.48. The molecule has 0 unspecified atom stereocenters. The van der Waals surface area contributed by atoms with E-state index in [9.17, 15) is 0 Å². The van der Waals surface area contributed by atoms with Crippen LogP contribution in [0.2, 0.25) is 13.1 Å². The van der Waals surface area contributed by atoms with E-state index in [4.69, 9.17) is 0 Å². The van der Waals surface area contributed by atoms with Gasteiger partial charge < -0.3 is 0 Å². The summed E-state index contributed by atoms with van der Waals surface area (Å²) in [7, 11) is 0. The van der Waals surface area contributed by atoms with E-state index in [1.807, 2.05) is 6.56 Å². The van der Waals surface area contributed by atoms with Gasteiger partial charge in [-0.1, -0.05) is 0 Å². The molecule has 119 valence electrons. The van der Waals surface area contributed by atoms with E-state index in [0.29, 0.717) is 5.41 Å². The van der Waals surface area contributed by atoms with Gasteiger partial charge in [-0.3, -0.25) is 0 Å². The number of allylic oxidation sites excluding steroid dienone is 8. The minimum atomic E-state index is -1.53. The van der Waals surface area contributed by atoms with E-state index < -0.39 is 26.8 Å². The molecule has 0 bridgehead atoms. The molecule has 0 amide bonds. The minimum absolute atomic E-state index is 0. The molecule has 21 heavy (non-hydrogen) atoms. The Kier molecular flexibility index (Phi) is 8.74. The zero-order valence-electron chi connectivity index (χ0n) is 14.1. The maximum atomic E-state index is 2.60. The van der Waals surface area contributed by atoms with E-state index >= 15 is 0 Å². The van der Waals surface area contributed by atoms with Crippen molar-refractivity contribution in [3.63, 3.8) is 0 Å². The Labute approximate surface area is 151 Å². The van der Waals surface area contributed by atoms with Gasteiger partial charge in [0.05, 0.1) is 0 Å². The number of hydrogen-bond acceptors (Lipinski definition) is 0. The van der Waals surface area contributed by atoms with Crippen molar-refractivity contribution in [1.29, 1.82) is 0 Å². The molecule has 0 saturated carbocycles. The first-order chi connectivity index (χ1) is 8.82. The van der Waals surface area contributed by atoms with Crippen molar-refractivity contribution in [3.05, 3.63) is 42.0 Å². The van der Waals surface area contributed by atoms with Crippen molar-refractivity contribution in [2.75, 3.05) is 0 Å². The molecule has 4 heteroatoms. The molecular formula is C17H29Cl2SiZr. The molecule has 0 fully saturated rings. The van der Waals surface area contributed by atoms with Crippen LogP contribution in [0, 0.1) is 5.41 Å². The Hall–Kier alpha value is 0.640. The average molecular weight is 424 g/mol. The third-order valence-corrected chi connectivity index (χ3v) is 23.8. The minimum Gasteiger partial charge on any atom is -0.147 e. The molecule has 0 N–H and O–H groups in total. The van der Waals surface area contributed by atoms with Gasteiger partial charge in [-0.05, 0) is 0 Å². The molecule has 0 aromatic heterocycles. The quantitative estimate of drug-likeness (QED) is 0.494. The van der Waals surface area contributed by atoms with Gasteiger partial charge in [-0.2, -0.15) is 0 Å². The van der Waals surface area contributed by atoms with Crippen molar-refractivity contribution in [2.24, 2.45) is 5.41 Å². The number of rotatable bonds is 3. The fourth-order valence-corrected chi connectivity index (χ4v) is 24.3. The van der Waals surface area contributed by atoms with Crippen LogP contribution in [-0.2, 0) is 20.9 Å². The molecule has 0 nitrogen and oxygen atoms in total. The Morgan fingerprint density at radius 1 is 0.952 bits per heavy atom. The topological polar surface area (TPSA) is 0 Å². The largest absolute Gasteiger partial charge is 0.147 e. The SMILES string of the molecule is CC1=[C]([Zr]([C]2=C(C(C)(C)C)C=CC2)[SiH](C)C)CC=C1.Cl.Cl. The molecule has 2 rings (SSSR count). The molecular weight excluding hydrogens is 394 g/mol. The first kappa shape index (κ1) is 21.6. The predicted molar refractivity (Wildman–Crippen MR) is 100 cm³/mol. The van der Waals surface area contributed by atoms with Crippen LogP contribution in [0.4, 0.5) is 0 Å². The van der Waals surface area contributed by atoms with E-state index in [1.165, 1.54) is 12.8 Å². The summed E-state index contributed by atoms with van der Waals surface area (Å²) >= 11 is -1.53. The fourth-order valence-electron chi connectivity index (χ4n) is 3.28. The Balaban J connectivity index is 0.00000200. The van der Waals surface area contributed by atoms with Gasteiger partial charge in [-0.25, -0.2) is 0 Å². The van der Waals surface area contributed by atoms with E-state index in [1.54, 1.807) is 11.1 Å². The maximum absolute atomic E-state index is 2.60. The zero-order chi connectivity index (χ0) is 14.2. The summed E-state index contributed by atoms with van der Waals surface area (Å²) in [6.45, 7) is 14.7. The summed E-state index contributed by atoms with van der Waals surface area (Å²) in [5.41, 5.74) is 3.64. The Morgan fingerprint density at radius 2 is 1.48 bits per heavy atom. The van der Waals surface area contributed by atoms with Crippen LogP contribution in [-0.4, -0.2) is 5.92 Å². The third-order valence-electron chi connectivity index (χ3n) is 4.13. The van der Waals surface area contributed by atoms with Crippen LogP contribution in [0.25, 0.3) is 0 Å². The average Bonchev–Trinajstić information content (AvgIpc) is 2.88. The third kappa shape index (κ3) is 4.80. The van der Waals surface area contributed by atoms with Crippen molar-refractivity contribution in [2.45, 2.75) is 53.6 Å². The first-order valence-corrected chi connectivity index (χ1v) is 17.1. The van der Waals surface area contributed by atoms with Crippen LogP contribution < -0.4 is 0 Å². The predicted octanol–water partition coefficient (Wildman–Crippen LogP) is 5.93. The van der Waals surface area contributed by atoms with Crippen molar-refractivity contribution in [3.8, 4) is 0 Å². The second-order valence-electron chi connectivity index (χ2n) is 7.09. The summed E-state index contributed by atoms with van der Waals surface area (Å²) in [4.78, 5) is 0. The summed E-state index contributed by atoms with van der Waals surface area (Å²) < 4.78 is 3.83. The number of halogens is 2. The number of hydrogen-bond donors (Lipinski definition) is 0. The van der Waals surface area contributed by atoms with Gasteiger partial charge in [0.15, 0.2) is 0 Å². The van der Waals surface area contributed by atoms with Crippen LogP contribution in [0.1, 0.15) is 40.5 Å². The standard InChI is InChI=1S/C9H13.C6H7.C2H7Si.2ClH.Zr/c1-9(2,3)8-6-4-5-7-8;1-6-4-2-3-5-6;1-3-2;;;/h4,6H,5H2,1-3H3;2,4H,3H2,1H3;3H,1-2H3;2*1H;. The molecule has 0 spiro atoms. The van der Waals surface area contributed by atoms with E-state index in [0.717, 1.165) is 0 Å². The van der Waals surface area contributed by atoms with Gasteiger partial charge in [0.25, 0.3) is 0 Å². The van der Waals surface area contributed by atoms with Crippen LogP contribution in [0.5, 0.6) is 0 Å². The van der Waals surface area contributed by atoms with Crippen LogP contribution >= 0.6 is 24.8 Å². The van der Waals surface area contributed by atoms with Gasteiger partial charge >= 0.3 is 128 Å². The molecule has 0 radical (unpaired) electrons. The molecule has 2 aliphatic carbocycles. The molecule has 0 saturated heterocycles. The maximum Gasteiger partial charge on any atom is -0.147 e. The van der Waals surface area contributed by atoms with Crippen molar-refractivity contribution >= 4 is 30.7 Å². The summed E-state index contributed by atoms with van der Waals surface area (Å²) in [5, 5.41) is 0. The summed E-state index contributed by atoms with van der Waals surface area (Å²) in [6.07, 6.45) is 12.2. The van der Waals surface area contributed by atoms with Crippen molar-refractivity contribution < 1.29 is 20.9 Å². The van der Waals surface area contributed by atoms with Crippen LogP contribution in [0.3, 0.4) is 0 Å². The molecule has 0 aliphatic heterocycles. The Bertz CT molecular complexity index is 493. The second-order valence-corrected chi connectivity index (χ2v) is 26.3. The smallest absolute Gasteiger partial charge is 0.147 e. The Morgan fingerprint density at radius 3 is 1.90 bits per heavy atom. The van der Waals surface area contributed by atoms with E-state index in [-0.39, 0.29) is 24.8 Å². The van der Waals surface area contributed by atoms with Gasteiger partial charge in [0, 0.05) is 0 Å². The fraction of sp³-hybridized carbons (Fsp3) is 0.529.